The van der Waals surface area contributed by atoms with Gasteiger partial charge in [-0.05, 0) is 48.9 Å². The Morgan fingerprint density at radius 3 is 2.63 bits per heavy atom. The number of hydrogen-bond acceptors (Lipinski definition) is 3. The predicted octanol–water partition coefficient (Wildman–Crippen LogP) is 2.23. The fourth-order valence-corrected chi connectivity index (χ4v) is 1.86. The Labute approximate surface area is 114 Å². The molecule has 0 heterocycles. The number of aryl methyl sites for hydroxylation is 1. The molecule has 0 aliphatic carbocycles. The summed E-state index contributed by atoms with van der Waals surface area (Å²) in [5, 5.41) is 21.1. The number of aromatic hydroxyl groups is 1. The van der Waals surface area contributed by atoms with Crippen LogP contribution >= 0.6 is 0 Å². The lowest BCUT2D eigenvalue weighted by Gasteiger charge is -2.24. The van der Waals surface area contributed by atoms with Crippen molar-refractivity contribution in [1.82, 2.24) is 5.32 Å². The maximum absolute atomic E-state index is 12.0. The summed E-state index contributed by atoms with van der Waals surface area (Å²) in [5.41, 5.74) is 1.20. The smallest absolute Gasteiger partial charge is 0.251 e. The molecule has 0 fully saturated rings. The summed E-state index contributed by atoms with van der Waals surface area (Å²) >= 11 is 0. The number of carbonyl (C=O) groups excluding carboxylic acids is 1. The van der Waals surface area contributed by atoms with Crippen LogP contribution in [0.4, 0.5) is 0 Å². The Kier molecular flexibility index (Phi) is 5.36. The quantitative estimate of drug-likeness (QED) is 0.738. The number of aliphatic hydroxyl groups is 1. The van der Waals surface area contributed by atoms with E-state index in [1.54, 1.807) is 19.1 Å². The van der Waals surface area contributed by atoms with Crippen LogP contribution in [0.3, 0.4) is 0 Å². The van der Waals surface area contributed by atoms with Crippen molar-refractivity contribution in [3.8, 4) is 5.75 Å². The summed E-state index contributed by atoms with van der Waals surface area (Å²) in [6.45, 7) is 6.62. The zero-order valence-corrected chi connectivity index (χ0v) is 11.9. The lowest BCUT2D eigenvalue weighted by molar-refractivity contribution is 0.0933. The molecule has 0 unspecified atom stereocenters. The first-order chi connectivity index (χ1) is 8.85. The number of carbonyl (C=O) groups is 1. The molecule has 1 rings (SSSR count). The van der Waals surface area contributed by atoms with Gasteiger partial charge < -0.3 is 15.5 Å². The third kappa shape index (κ3) is 4.91. The molecule has 0 saturated heterocycles. The Hall–Kier alpha value is -1.55. The van der Waals surface area contributed by atoms with Gasteiger partial charge in [0, 0.05) is 18.7 Å². The van der Waals surface area contributed by atoms with Gasteiger partial charge in [-0.2, -0.15) is 0 Å². The molecule has 19 heavy (non-hydrogen) atoms. The lowest BCUT2D eigenvalue weighted by Crippen LogP contribution is -2.34. The summed E-state index contributed by atoms with van der Waals surface area (Å²) in [4.78, 5) is 12.0. The standard InChI is InChI=1S/C15H23NO3/c1-11-9-12(5-6-13(11)18)14(19)16-10-15(2,3)7-4-8-17/h5-6,9,17-18H,4,7-8,10H2,1-3H3,(H,16,19). The van der Waals surface area contributed by atoms with Gasteiger partial charge in [0.25, 0.3) is 5.91 Å². The molecule has 1 aromatic carbocycles. The van der Waals surface area contributed by atoms with Crippen molar-refractivity contribution in [3.63, 3.8) is 0 Å². The third-order valence-corrected chi connectivity index (χ3v) is 3.20. The molecule has 1 aromatic rings. The number of amides is 1. The van der Waals surface area contributed by atoms with E-state index in [9.17, 15) is 9.90 Å². The summed E-state index contributed by atoms with van der Waals surface area (Å²) in [7, 11) is 0. The largest absolute Gasteiger partial charge is 0.508 e. The van der Waals surface area contributed by atoms with Crippen LogP contribution in [0, 0.1) is 12.3 Å². The van der Waals surface area contributed by atoms with Gasteiger partial charge in [-0.3, -0.25) is 4.79 Å². The Bertz CT molecular complexity index is 441. The van der Waals surface area contributed by atoms with E-state index in [0.717, 1.165) is 12.8 Å². The Balaban J connectivity index is 2.57. The van der Waals surface area contributed by atoms with Crippen molar-refractivity contribution in [2.24, 2.45) is 5.41 Å². The molecule has 0 bridgehead atoms. The van der Waals surface area contributed by atoms with E-state index >= 15 is 0 Å². The second-order valence-corrected chi connectivity index (χ2v) is 5.68. The molecule has 0 spiro atoms. The number of benzene rings is 1. The number of nitrogens with one attached hydrogen (secondary N) is 1. The van der Waals surface area contributed by atoms with E-state index in [-0.39, 0.29) is 23.7 Å². The zero-order chi connectivity index (χ0) is 14.5. The molecular formula is C15H23NO3. The monoisotopic (exact) mass is 265 g/mol. The van der Waals surface area contributed by atoms with Crippen molar-refractivity contribution < 1.29 is 15.0 Å². The number of rotatable bonds is 6. The summed E-state index contributed by atoms with van der Waals surface area (Å²) in [5.74, 6) is 0.0556. The van der Waals surface area contributed by atoms with E-state index < -0.39 is 0 Å². The molecule has 3 N–H and O–H groups in total. The minimum Gasteiger partial charge on any atom is -0.508 e. The average molecular weight is 265 g/mol. The minimum absolute atomic E-state index is 0.0373. The highest BCUT2D eigenvalue weighted by Crippen LogP contribution is 2.21. The highest BCUT2D eigenvalue weighted by atomic mass is 16.3. The number of phenolic OH excluding ortho intramolecular Hbond substituents is 1. The SMILES string of the molecule is Cc1cc(C(=O)NCC(C)(C)CCCO)ccc1O. The fourth-order valence-electron chi connectivity index (χ4n) is 1.86. The number of hydrogen-bond donors (Lipinski definition) is 3. The molecule has 0 radical (unpaired) electrons. The van der Waals surface area contributed by atoms with Crippen molar-refractivity contribution in [1.29, 1.82) is 0 Å². The molecule has 0 aliphatic rings. The van der Waals surface area contributed by atoms with Crippen molar-refractivity contribution in [3.05, 3.63) is 29.3 Å². The van der Waals surface area contributed by atoms with Crippen molar-refractivity contribution in [2.75, 3.05) is 13.2 Å². The molecule has 4 nitrogen and oxygen atoms in total. The first kappa shape index (κ1) is 15.5. The molecule has 1 amide bonds. The van der Waals surface area contributed by atoms with Crippen LogP contribution in [0.15, 0.2) is 18.2 Å². The Morgan fingerprint density at radius 1 is 1.37 bits per heavy atom. The summed E-state index contributed by atoms with van der Waals surface area (Å²) < 4.78 is 0. The highest BCUT2D eigenvalue weighted by Gasteiger charge is 2.18. The van der Waals surface area contributed by atoms with Crippen LogP contribution in [0.25, 0.3) is 0 Å². The van der Waals surface area contributed by atoms with Crippen LogP contribution in [0.5, 0.6) is 5.75 Å². The van der Waals surface area contributed by atoms with Gasteiger partial charge in [0.1, 0.15) is 5.75 Å². The average Bonchev–Trinajstić information content (AvgIpc) is 2.37. The van der Waals surface area contributed by atoms with Gasteiger partial charge >= 0.3 is 0 Å². The zero-order valence-electron chi connectivity index (χ0n) is 11.9. The van der Waals surface area contributed by atoms with E-state index in [2.05, 4.69) is 19.2 Å². The third-order valence-electron chi connectivity index (χ3n) is 3.20. The molecule has 0 atom stereocenters. The highest BCUT2D eigenvalue weighted by molar-refractivity contribution is 5.94. The van der Waals surface area contributed by atoms with Crippen LogP contribution in [0.1, 0.15) is 42.6 Å². The van der Waals surface area contributed by atoms with Gasteiger partial charge in [-0.15, -0.1) is 0 Å². The first-order valence-electron chi connectivity index (χ1n) is 6.54. The maximum Gasteiger partial charge on any atom is 0.251 e. The number of phenols is 1. The molecule has 4 heteroatoms. The van der Waals surface area contributed by atoms with E-state index in [1.165, 1.54) is 6.07 Å². The molecule has 0 saturated carbocycles. The van der Waals surface area contributed by atoms with Gasteiger partial charge in [-0.25, -0.2) is 0 Å². The van der Waals surface area contributed by atoms with Gasteiger partial charge in [0.15, 0.2) is 0 Å². The molecule has 0 aromatic heterocycles. The van der Waals surface area contributed by atoms with Crippen LogP contribution in [0.2, 0.25) is 0 Å². The van der Waals surface area contributed by atoms with Gasteiger partial charge in [-0.1, -0.05) is 13.8 Å². The van der Waals surface area contributed by atoms with E-state index in [0.29, 0.717) is 17.7 Å². The topological polar surface area (TPSA) is 69.6 Å². The summed E-state index contributed by atoms with van der Waals surface area (Å²) in [6, 6.07) is 4.81. The summed E-state index contributed by atoms with van der Waals surface area (Å²) in [6.07, 6.45) is 1.60. The molecule has 106 valence electrons. The van der Waals surface area contributed by atoms with Gasteiger partial charge in [0.05, 0.1) is 0 Å². The van der Waals surface area contributed by atoms with Crippen molar-refractivity contribution >= 4 is 5.91 Å². The normalized spacial score (nSPS) is 11.4. The van der Waals surface area contributed by atoms with Crippen LogP contribution in [-0.2, 0) is 0 Å². The first-order valence-corrected chi connectivity index (χ1v) is 6.54. The van der Waals surface area contributed by atoms with Crippen LogP contribution < -0.4 is 5.32 Å². The molecule has 0 aliphatic heterocycles. The fraction of sp³-hybridized carbons (Fsp3) is 0.533. The van der Waals surface area contributed by atoms with Crippen molar-refractivity contribution in [2.45, 2.75) is 33.6 Å². The van der Waals surface area contributed by atoms with Gasteiger partial charge in [0.2, 0.25) is 0 Å². The second kappa shape index (κ2) is 6.57. The Morgan fingerprint density at radius 2 is 2.05 bits per heavy atom. The maximum atomic E-state index is 12.0. The van der Waals surface area contributed by atoms with Crippen LogP contribution in [-0.4, -0.2) is 29.3 Å². The molecular weight excluding hydrogens is 242 g/mol. The second-order valence-electron chi connectivity index (χ2n) is 5.68. The van der Waals surface area contributed by atoms with E-state index in [4.69, 9.17) is 5.11 Å². The predicted molar refractivity (Wildman–Crippen MR) is 75.3 cm³/mol. The minimum atomic E-state index is -0.139. The lowest BCUT2D eigenvalue weighted by atomic mass is 9.88. The number of aliphatic hydroxyl groups excluding tert-OH is 1. The van der Waals surface area contributed by atoms with E-state index in [1.807, 2.05) is 0 Å².